The van der Waals surface area contributed by atoms with E-state index in [-0.39, 0.29) is 5.54 Å². The van der Waals surface area contributed by atoms with Gasteiger partial charge in [-0.15, -0.1) is 0 Å². The van der Waals surface area contributed by atoms with Crippen molar-refractivity contribution in [1.29, 1.82) is 0 Å². The summed E-state index contributed by atoms with van der Waals surface area (Å²) < 4.78 is 5.55. The molecule has 1 saturated heterocycles. The first-order valence-electron chi connectivity index (χ1n) is 6.67. The number of pyridine rings is 1. The SMILES string of the molecule is CC1(Nc2ccc3cc(N)ccc3n2)CCCOC1. The van der Waals surface area contributed by atoms with E-state index in [0.29, 0.717) is 0 Å². The summed E-state index contributed by atoms with van der Waals surface area (Å²) in [6.07, 6.45) is 2.20. The number of hydrogen-bond donors (Lipinski definition) is 2. The third-order valence-electron chi connectivity index (χ3n) is 3.58. The zero-order chi connectivity index (χ0) is 13.3. The summed E-state index contributed by atoms with van der Waals surface area (Å²) in [4.78, 5) is 4.63. The molecule has 1 unspecified atom stereocenters. The highest BCUT2D eigenvalue weighted by Crippen LogP contribution is 2.25. The number of nitrogen functional groups attached to an aromatic ring is 1. The number of rotatable bonds is 2. The number of aromatic nitrogens is 1. The fourth-order valence-electron chi connectivity index (χ4n) is 2.56. The van der Waals surface area contributed by atoms with Crippen LogP contribution in [0.1, 0.15) is 19.8 Å². The van der Waals surface area contributed by atoms with Crippen molar-refractivity contribution in [2.45, 2.75) is 25.3 Å². The zero-order valence-corrected chi connectivity index (χ0v) is 11.1. The van der Waals surface area contributed by atoms with E-state index in [4.69, 9.17) is 10.5 Å². The van der Waals surface area contributed by atoms with Gasteiger partial charge in [0.15, 0.2) is 0 Å². The van der Waals surface area contributed by atoms with Crippen LogP contribution in [0.2, 0.25) is 0 Å². The Kier molecular flexibility index (Phi) is 3.03. The van der Waals surface area contributed by atoms with Gasteiger partial charge < -0.3 is 15.8 Å². The molecule has 19 heavy (non-hydrogen) atoms. The lowest BCUT2D eigenvalue weighted by Crippen LogP contribution is -2.43. The summed E-state index contributed by atoms with van der Waals surface area (Å²) in [5, 5.41) is 4.56. The van der Waals surface area contributed by atoms with Gasteiger partial charge in [-0.1, -0.05) is 0 Å². The third kappa shape index (κ3) is 2.63. The molecule has 1 aromatic carbocycles. The number of ether oxygens (including phenoxy) is 1. The van der Waals surface area contributed by atoms with Gasteiger partial charge in [0.05, 0.1) is 17.7 Å². The van der Waals surface area contributed by atoms with Crippen molar-refractivity contribution in [3.63, 3.8) is 0 Å². The van der Waals surface area contributed by atoms with Gasteiger partial charge in [-0.2, -0.15) is 0 Å². The lowest BCUT2D eigenvalue weighted by Gasteiger charge is -2.34. The number of hydrogen-bond acceptors (Lipinski definition) is 4. The molecule has 0 radical (unpaired) electrons. The minimum absolute atomic E-state index is 0.0211. The van der Waals surface area contributed by atoms with E-state index in [1.165, 1.54) is 0 Å². The van der Waals surface area contributed by atoms with E-state index in [9.17, 15) is 0 Å². The summed E-state index contributed by atoms with van der Waals surface area (Å²) in [7, 11) is 0. The molecule has 0 amide bonds. The second-order valence-electron chi connectivity index (χ2n) is 5.49. The maximum absolute atomic E-state index is 5.77. The molecular weight excluding hydrogens is 238 g/mol. The van der Waals surface area contributed by atoms with Crippen LogP contribution >= 0.6 is 0 Å². The minimum Gasteiger partial charge on any atom is -0.399 e. The minimum atomic E-state index is -0.0211. The molecule has 100 valence electrons. The summed E-state index contributed by atoms with van der Waals surface area (Å²) in [5.41, 5.74) is 7.48. The number of nitrogens with one attached hydrogen (secondary N) is 1. The Morgan fingerprint density at radius 1 is 1.32 bits per heavy atom. The van der Waals surface area contributed by atoms with Crippen LogP contribution in [0.5, 0.6) is 0 Å². The maximum Gasteiger partial charge on any atom is 0.127 e. The summed E-state index contributed by atoms with van der Waals surface area (Å²) in [6.45, 7) is 3.77. The van der Waals surface area contributed by atoms with Crippen LogP contribution in [-0.2, 0) is 4.74 Å². The third-order valence-corrected chi connectivity index (χ3v) is 3.58. The van der Waals surface area contributed by atoms with Gasteiger partial charge in [-0.3, -0.25) is 0 Å². The zero-order valence-electron chi connectivity index (χ0n) is 11.1. The number of nitrogens with two attached hydrogens (primary N) is 1. The normalized spacial score (nSPS) is 23.4. The number of nitrogens with zero attached hydrogens (tertiary/aromatic N) is 1. The molecule has 1 atom stereocenters. The van der Waals surface area contributed by atoms with E-state index in [0.717, 1.165) is 48.5 Å². The highest BCUT2D eigenvalue weighted by molar-refractivity contribution is 5.83. The highest BCUT2D eigenvalue weighted by Gasteiger charge is 2.27. The van der Waals surface area contributed by atoms with E-state index in [1.807, 2.05) is 30.3 Å². The smallest absolute Gasteiger partial charge is 0.127 e. The average Bonchev–Trinajstić information content (AvgIpc) is 2.39. The standard InChI is InChI=1S/C15H19N3O/c1-15(7-2-8-19-10-15)18-14-6-3-11-9-12(16)4-5-13(11)17-14/h3-6,9H,2,7-8,10,16H2,1H3,(H,17,18). The van der Waals surface area contributed by atoms with Gasteiger partial charge in [0, 0.05) is 17.7 Å². The molecule has 2 heterocycles. The van der Waals surface area contributed by atoms with E-state index < -0.39 is 0 Å². The van der Waals surface area contributed by atoms with Gasteiger partial charge in [0.1, 0.15) is 5.82 Å². The molecule has 4 nitrogen and oxygen atoms in total. The fraction of sp³-hybridized carbons (Fsp3) is 0.400. The number of benzene rings is 1. The molecule has 2 aromatic rings. The Balaban J connectivity index is 1.87. The fourth-order valence-corrected chi connectivity index (χ4v) is 2.56. The van der Waals surface area contributed by atoms with Crippen LogP contribution in [0.4, 0.5) is 11.5 Å². The van der Waals surface area contributed by atoms with Crippen molar-refractivity contribution >= 4 is 22.4 Å². The van der Waals surface area contributed by atoms with Crippen LogP contribution in [0.25, 0.3) is 10.9 Å². The first-order valence-corrected chi connectivity index (χ1v) is 6.67. The molecule has 0 aliphatic carbocycles. The van der Waals surface area contributed by atoms with Gasteiger partial charge in [-0.25, -0.2) is 4.98 Å². The van der Waals surface area contributed by atoms with Gasteiger partial charge in [0.2, 0.25) is 0 Å². The Labute approximate surface area is 113 Å². The molecule has 1 aromatic heterocycles. The van der Waals surface area contributed by atoms with Gasteiger partial charge in [-0.05, 0) is 50.1 Å². The maximum atomic E-state index is 5.77. The topological polar surface area (TPSA) is 60.2 Å². The lowest BCUT2D eigenvalue weighted by molar-refractivity contribution is 0.0539. The Hall–Kier alpha value is -1.81. The Bertz CT molecular complexity index is 591. The lowest BCUT2D eigenvalue weighted by atomic mass is 9.95. The van der Waals surface area contributed by atoms with Crippen molar-refractivity contribution in [2.75, 3.05) is 24.3 Å². The molecule has 0 spiro atoms. The summed E-state index contributed by atoms with van der Waals surface area (Å²) >= 11 is 0. The molecule has 0 bridgehead atoms. The predicted octanol–water partition coefficient (Wildman–Crippen LogP) is 2.80. The van der Waals surface area contributed by atoms with Crippen LogP contribution in [0.15, 0.2) is 30.3 Å². The summed E-state index contributed by atoms with van der Waals surface area (Å²) in [5.74, 6) is 0.894. The monoisotopic (exact) mass is 257 g/mol. The van der Waals surface area contributed by atoms with E-state index in [2.05, 4.69) is 17.2 Å². The van der Waals surface area contributed by atoms with E-state index in [1.54, 1.807) is 0 Å². The molecular formula is C15H19N3O. The van der Waals surface area contributed by atoms with Crippen molar-refractivity contribution < 1.29 is 4.74 Å². The van der Waals surface area contributed by atoms with E-state index >= 15 is 0 Å². The van der Waals surface area contributed by atoms with Crippen molar-refractivity contribution in [1.82, 2.24) is 4.98 Å². The van der Waals surface area contributed by atoms with Crippen LogP contribution in [-0.4, -0.2) is 23.7 Å². The first-order chi connectivity index (χ1) is 9.15. The number of fused-ring (bicyclic) bond motifs is 1. The average molecular weight is 257 g/mol. The van der Waals surface area contributed by atoms with Crippen LogP contribution in [0, 0.1) is 0 Å². The van der Waals surface area contributed by atoms with Crippen molar-refractivity contribution in [3.8, 4) is 0 Å². The molecule has 1 fully saturated rings. The highest BCUT2D eigenvalue weighted by atomic mass is 16.5. The largest absolute Gasteiger partial charge is 0.399 e. The summed E-state index contributed by atoms with van der Waals surface area (Å²) in [6, 6.07) is 9.83. The number of anilines is 2. The first kappa shape index (κ1) is 12.2. The molecule has 3 rings (SSSR count). The molecule has 4 heteroatoms. The van der Waals surface area contributed by atoms with Crippen LogP contribution < -0.4 is 11.1 Å². The van der Waals surface area contributed by atoms with Crippen molar-refractivity contribution in [2.24, 2.45) is 0 Å². The van der Waals surface area contributed by atoms with Gasteiger partial charge in [0.25, 0.3) is 0 Å². The quantitative estimate of drug-likeness (QED) is 0.812. The second-order valence-corrected chi connectivity index (χ2v) is 5.49. The second kappa shape index (κ2) is 4.70. The van der Waals surface area contributed by atoms with Crippen LogP contribution in [0.3, 0.4) is 0 Å². The molecule has 1 aliphatic rings. The Morgan fingerprint density at radius 3 is 3.00 bits per heavy atom. The Morgan fingerprint density at radius 2 is 2.21 bits per heavy atom. The van der Waals surface area contributed by atoms with Crippen molar-refractivity contribution in [3.05, 3.63) is 30.3 Å². The molecule has 1 aliphatic heterocycles. The van der Waals surface area contributed by atoms with Gasteiger partial charge >= 0.3 is 0 Å². The molecule has 3 N–H and O–H groups in total. The molecule has 0 saturated carbocycles. The predicted molar refractivity (Wildman–Crippen MR) is 78.2 cm³/mol.